The van der Waals surface area contributed by atoms with Crippen molar-refractivity contribution in [2.75, 3.05) is 20.3 Å². The SMILES string of the molecule is COCCNCc1cc(=O)[nH]c(-c2cnccc2C)n1. The number of methoxy groups -OCH3 is 1. The molecule has 20 heavy (non-hydrogen) atoms. The third-order valence-electron chi connectivity index (χ3n) is 2.88. The summed E-state index contributed by atoms with van der Waals surface area (Å²) in [7, 11) is 1.65. The van der Waals surface area contributed by atoms with Crippen molar-refractivity contribution in [3.63, 3.8) is 0 Å². The van der Waals surface area contributed by atoms with Crippen LogP contribution in [-0.4, -0.2) is 35.2 Å². The molecule has 0 aliphatic heterocycles. The molecule has 0 radical (unpaired) electrons. The second-order valence-corrected chi connectivity index (χ2v) is 4.45. The predicted octanol–water partition coefficient (Wildman–Crippen LogP) is 0.876. The number of H-pyrrole nitrogens is 1. The molecular weight excluding hydrogens is 256 g/mol. The van der Waals surface area contributed by atoms with E-state index in [2.05, 4.69) is 20.3 Å². The Bertz CT molecular complexity index is 625. The van der Waals surface area contributed by atoms with E-state index in [1.807, 2.05) is 13.0 Å². The van der Waals surface area contributed by atoms with Crippen molar-refractivity contribution >= 4 is 0 Å². The van der Waals surface area contributed by atoms with Crippen molar-refractivity contribution in [3.8, 4) is 11.4 Å². The number of hydrogen-bond donors (Lipinski definition) is 2. The number of pyridine rings is 1. The summed E-state index contributed by atoms with van der Waals surface area (Å²) in [6.45, 7) is 3.82. The number of ether oxygens (including phenoxy) is 1. The maximum absolute atomic E-state index is 11.7. The van der Waals surface area contributed by atoms with Crippen LogP contribution in [0.15, 0.2) is 29.3 Å². The van der Waals surface area contributed by atoms with Crippen molar-refractivity contribution in [2.45, 2.75) is 13.5 Å². The number of aryl methyl sites for hydroxylation is 1. The zero-order valence-corrected chi connectivity index (χ0v) is 11.6. The second kappa shape index (κ2) is 6.93. The van der Waals surface area contributed by atoms with Crippen LogP contribution in [0.25, 0.3) is 11.4 Å². The zero-order chi connectivity index (χ0) is 14.4. The van der Waals surface area contributed by atoms with E-state index in [0.717, 1.165) is 11.1 Å². The van der Waals surface area contributed by atoms with Crippen molar-refractivity contribution < 1.29 is 4.74 Å². The first-order chi connectivity index (χ1) is 9.70. The number of aromatic amines is 1. The van der Waals surface area contributed by atoms with Gasteiger partial charge in [-0.2, -0.15) is 0 Å². The maximum atomic E-state index is 11.7. The van der Waals surface area contributed by atoms with Gasteiger partial charge in [0.15, 0.2) is 0 Å². The van der Waals surface area contributed by atoms with Gasteiger partial charge in [-0.15, -0.1) is 0 Å². The molecule has 0 aromatic carbocycles. The molecule has 2 N–H and O–H groups in total. The van der Waals surface area contributed by atoms with Crippen LogP contribution in [0.1, 0.15) is 11.3 Å². The lowest BCUT2D eigenvalue weighted by Crippen LogP contribution is -2.21. The number of nitrogens with one attached hydrogen (secondary N) is 2. The van der Waals surface area contributed by atoms with E-state index in [-0.39, 0.29) is 5.56 Å². The third kappa shape index (κ3) is 3.72. The molecule has 0 saturated carbocycles. The minimum Gasteiger partial charge on any atom is -0.383 e. The average molecular weight is 274 g/mol. The zero-order valence-electron chi connectivity index (χ0n) is 11.6. The molecule has 0 unspecified atom stereocenters. The van der Waals surface area contributed by atoms with Gasteiger partial charge in [-0.25, -0.2) is 4.98 Å². The van der Waals surface area contributed by atoms with Gasteiger partial charge in [0, 0.05) is 44.2 Å². The summed E-state index contributed by atoms with van der Waals surface area (Å²) in [5.41, 5.74) is 2.39. The first-order valence-electron chi connectivity index (χ1n) is 6.41. The fourth-order valence-corrected chi connectivity index (χ4v) is 1.83. The van der Waals surface area contributed by atoms with Crippen LogP contribution in [0.5, 0.6) is 0 Å². The second-order valence-electron chi connectivity index (χ2n) is 4.45. The number of hydrogen-bond acceptors (Lipinski definition) is 5. The average Bonchev–Trinajstić information content (AvgIpc) is 2.43. The lowest BCUT2D eigenvalue weighted by Gasteiger charge is -2.07. The van der Waals surface area contributed by atoms with E-state index < -0.39 is 0 Å². The standard InChI is InChI=1S/C14H18N4O2/c1-10-3-4-15-9-12(10)14-17-11(7-13(19)18-14)8-16-5-6-20-2/h3-4,7,9,16H,5-6,8H2,1-2H3,(H,17,18,19). The molecule has 6 heteroatoms. The molecule has 2 aromatic heterocycles. The molecule has 0 bridgehead atoms. The Labute approximate surface area is 117 Å². The van der Waals surface area contributed by atoms with Crippen LogP contribution >= 0.6 is 0 Å². The summed E-state index contributed by atoms with van der Waals surface area (Å²) in [5, 5.41) is 3.17. The highest BCUT2D eigenvalue weighted by Gasteiger charge is 2.06. The summed E-state index contributed by atoms with van der Waals surface area (Å²) in [4.78, 5) is 23.0. The van der Waals surface area contributed by atoms with Crippen molar-refractivity contribution in [3.05, 3.63) is 46.1 Å². The van der Waals surface area contributed by atoms with Crippen molar-refractivity contribution in [1.29, 1.82) is 0 Å². The fourth-order valence-electron chi connectivity index (χ4n) is 1.83. The number of nitrogens with zero attached hydrogens (tertiary/aromatic N) is 2. The molecule has 0 aliphatic rings. The first kappa shape index (κ1) is 14.4. The largest absolute Gasteiger partial charge is 0.383 e. The Morgan fingerprint density at radius 2 is 2.30 bits per heavy atom. The lowest BCUT2D eigenvalue weighted by molar-refractivity contribution is 0.199. The summed E-state index contributed by atoms with van der Waals surface area (Å²) in [6.07, 6.45) is 3.42. The normalized spacial score (nSPS) is 10.7. The summed E-state index contributed by atoms with van der Waals surface area (Å²) in [6, 6.07) is 3.38. The highest BCUT2D eigenvalue weighted by atomic mass is 16.5. The molecule has 0 fully saturated rings. The van der Waals surface area contributed by atoms with Gasteiger partial charge >= 0.3 is 0 Å². The highest BCUT2D eigenvalue weighted by molar-refractivity contribution is 5.57. The Kier molecular flexibility index (Phi) is 4.97. The van der Waals surface area contributed by atoms with Crippen LogP contribution in [0.4, 0.5) is 0 Å². The number of rotatable bonds is 6. The van der Waals surface area contributed by atoms with Crippen LogP contribution < -0.4 is 10.9 Å². The van der Waals surface area contributed by atoms with Crippen molar-refractivity contribution in [2.24, 2.45) is 0 Å². The molecule has 6 nitrogen and oxygen atoms in total. The quantitative estimate of drug-likeness (QED) is 0.764. The van der Waals surface area contributed by atoms with E-state index in [0.29, 0.717) is 31.2 Å². The molecule has 0 saturated heterocycles. The third-order valence-corrected chi connectivity index (χ3v) is 2.88. The minimum absolute atomic E-state index is 0.165. The van der Waals surface area contributed by atoms with Gasteiger partial charge < -0.3 is 15.0 Å². The Balaban J connectivity index is 2.21. The summed E-state index contributed by atoms with van der Waals surface area (Å²) in [5.74, 6) is 0.548. The van der Waals surface area contributed by atoms with E-state index in [1.165, 1.54) is 6.07 Å². The Hall–Kier alpha value is -2.05. The van der Waals surface area contributed by atoms with Crippen LogP contribution in [-0.2, 0) is 11.3 Å². The van der Waals surface area contributed by atoms with E-state index in [1.54, 1.807) is 19.5 Å². The highest BCUT2D eigenvalue weighted by Crippen LogP contribution is 2.16. The van der Waals surface area contributed by atoms with Gasteiger partial charge in [-0.05, 0) is 18.6 Å². The Morgan fingerprint density at radius 1 is 1.45 bits per heavy atom. The van der Waals surface area contributed by atoms with E-state index in [4.69, 9.17) is 4.74 Å². The molecule has 2 aromatic rings. The van der Waals surface area contributed by atoms with Gasteiger partial charge in [0.25, 0.3) is 5.56 Å². The molecule has 106 valence electrons. The first-order valence-corrected chi connectivity index (χ1v) is 6.41. The Morgan fingerprint density at radius 3 is 3.05 bits per heavy atom. The van der Waals surface area contributed by atoms with Gasteiger partial charge in [0.05, 0.1) is 12.3 Å². The van der Waals surface area contributed by atoms with E-state index in [9.17, 15) is 4.79 Å². The smallest absolute Gasteiger partial charge is 0.251 e. The van der Waals surface area contributed by atoms with Crippen LogP contribution in [0.3, 0.4) is 0 Å². The molecular formula is C14H18N4O2. The predicted molar refractivity (Wildman–Crippen MR) is 76.4 cm³/mol. The lowest BCUT2D eigenvalue weighted by atomic mass is 10.1. The minimum atomic E-state index is -0.165. The van der Waals surface area contributed by atoms with Gasteiger partial charge in [0.2, 0.25) is 0 Å². The topological polar surface area (TPSA) is 79.9 Å². The van der Waals surface area contributed by atoms with Crippen LogP contribution in [0.2, 0.25) is 0 Å². The number of aromatic nitrogens is 3. The van der Waals surface area contributed by atoms with E-state index >= 15 is 0 Å². The molecule has 2 heterocycles. The van der Waals surface area contributed by atoms with Gasteiger partial charge in [-0.3, -0.25) is 9.78 Å². The molecule has 0 amide bonds. The molecule has 2 rings (SSSR count). The summed E-state index contributed by atoms with van der Waals surface area (Å²) >= 11 is 0. The molecule has 0 aliphatic carbocycles. The monoisotopic (exact) mass is 274 g/mol. The van der Waals surface area contributed by atoms with Crippen LogP contribution in [0, 0.1) is 6.92 Å². The van der Waals surface area contributed by atoms with Gasteiger partial charge in [0.1, 0.15) is 5.82 Å². The van der Waals surface area contributed by atoms with Crippen molar-refractivity contribution in [1.82, 2.24) is 20.3 Å². The molecule has 0 spiro atoms. The van der Waals surface area contributed by atoms with Gasteiger partial charge in [-0.1, -0.05) is 0 Å². The maximum Gasteiger partial charge on any atom is 0.251 e. The summed E-state index contributed by atoms with van der Waals surface area (Å²) < 4.78 is 4.95. The molecule has 0 atom stereocenters. The fraction of sp³-hybridized carbons (Fsp3) is 0.357.